The van der Waals surface area contributed by atoms with Crippen LogP contribution in [-0.2, 0) is 9.59 Å². The number of nitrogens with one attached hydrogen (secondary N) is 2. The number of hydrogen-bond acceptors (Lipinski definition) is 4. The van der Waals surface area contributed by atoms with Crippen LogP contribution in [0.1, 0.15) is 23.9 Å². The van der Waals surface area contributed by atoms with Crippen molar-refractivity contribution in [2.24, 2.45) is 0 Å². The van der Waals surface area contributed by atoms with Crippen molar-refractivity contribution >= 4 is 29.3 Å². The molecule has 0 aliphatic heterocycles. The zero-order valence-electron chi connectivity index (χ0n) is 18.4. The Bertz CT molecular complexity index is 1230. The van der Waals surface area contributed by atoms with Gasteiger partial charge in [0.25, 0.3) is 5.91 Å². The van der Waals surface area contributed by atoms with Gasteiger partial charge < -0.3 is 19.9 Å². The Labute approximate surface area is 186 Å². The van der Waals surface area contributed by atoms with Crippen LogP contribution in [0.5, 0.6) is 5.75 Å². The first-order chi connectivity index (χ1) is 15.3. The summed E-state index contributed by atoms with van der Waals surface area (Å²) in [5, 5.41) is 15.0. The van der Waals surface area contributed by atoms with Crippen molar-refractivity contribution < 1.29 is 14.3 Å². The standard InChI is InChI=1S/C25H24N4O3/c1-16-12-19(17(2)29(16)23-8-10-24(32-4)11-9-23)13-20(15-26)25(31)28-22-7-5-6-21(14-22)27-18(3)30/h5-14H,1-4H3,(H,27,30)(H,28,31)/b20-13-. The molecule has 0 saturated carbocycles. The van der Waals surface area contributed by atoms with E-state index in [0.717, 1.165) is 28.4 Å². The van der Waals surface area contributed by atoms with Crippen LogP contribution in [0.15, 0.2) is 60.2 Å². The molecule has 0 saturated heterocycles. The lowest BCUT2D eigenvalue weighted by Gasteiger charge is -2.10. The maximum absolute atomic E-state index is 12.7. The summed E-state index contributed by atoms with van der Waals surface area (Å²) in [5.41, 5.74) is 4.62. The molecule has 2 aromatic carbocycles. The van der Waals surface area contributed by atoms with Gasteiger partial charge >= 0.3 is 0 Å². The van der Waals surface area contributed by atoms with Crippen LogP contribution < -0.4 is 15.4 Å². The third kappa shape index (κ3) is 5.05. The van der Waals surface area contributed by atoms with Crippen LogP contribution >= 0.6 is 0 Å². The predicted octanol–water partition coefficient (Wildman–Crippen LogP) is 4.61. The number of carbonyl (C=O) groups excluding carboxylic acids is 2. The number of ether oxygens (including phenoxy) is 1. The minimum Gasteiger partial charge on any atom is -0.497 e. The van der Waals surface area contributed by atoms with Crippen LogP contribution in [0.3, 0.4) is 0 Å². The first-order valence-electron chi connectivity index (χ1n) is 9.96. The summed E-state index contributed by atoms with van der Waals surface area (Å²) < 4.78 is 7.27. The Morgan fingerprint density at radius 2 is 1.69 bits per heavy atom. The van der Waals surface area contributed by atoms with Gasteiger partial charge in [-0.2, -0.15) is 5.26 Å². The van der Waals surface area contributed by atoms with E-state index >= 15 is 0 Å². The molecule has 3 rings (SSSR count). The molecule has 162 valence electrons. The van der Waals surface area contributed by atoms with Gasteiger partial charge in [-0.3, -0.25) is 9.59 Å². The lowest BCUT2D eigenvalue weighted by Crippen LogP contribution is -2.14. The molecule has 0 unspecified atom stereocenters. The summed E-state index contributed by atoms with van der Waals surface area (Å²) in [6, 6.07) is 18.3. The topological polar surface area (TPSA) is 96.2 Å². The molecule has 3 aromatic rings. The van der Waals surface area contributed by atoms with Gasteiger partial charge in [0.05, 0.1) is 7.11 Å². The number of amides is 2. The minimum atomic E-state index is -0.526. The first kappa shape index (κ1) is 22.4. The SMILES string of the molecule is COc1ccc(-n2c(C)cc(/C=C(/C#N)C(=O)Nc3cccc(NC(C)=O)c3)c2C)cc1. The van der Waals surface area contributed by atoms with Crippen LogP contribution in [0.25, 0.3) is 11.8 Å². The molecule has 2 amide bonds. The lowest BCUT2D eigenvalue weighted by molar-refractivity contribution is -0.114. The predicted molar refractivity (Wildman–Crippen MR) is 125 cm³/mol. The normalized spacial score (nSPS) is 10.9. The van der Waals surface area contributed by atoms with E-state index in [4.69, 9.17) is 4.74 Å². The highest BCUT2D eigenvalue weighted by Gasteiger charge is 2.14. The summed E-state index contributed by atoms with van der Waals surface area (Å²) in [6.07, 6.45) is 1.58. The minimum absolute atomic E-state index is 0.0232. The van der Waals surface area contributed by atoms with Gasteiger partial charge in [-0.25, -0.2) is 0 Å². The second-order valence-corrected chi connectivity index (χ2v) is 7.25. The maximum atomic E-state index is 12.7. The molecule has 7 heteroatoms. The average molecular weight is 428 g/mol. The number of aryl methyl sites for hydroxylation is 1. The fourth-order valence-electron chi connectivity index (χ4n) is 3.44. The Hall–Kier alpha value is -4.31. The van der Waals surface area contributed by atoms with E-state index in [-0.39, 0.29) is 11.5 Å². The number of rotatable bonds is 6. The second kappa shape index (κ2) is 9.67. The highest BCUT2D eigenvalue weighted by Crippen LogP contribution is 2.25. The van der Waals surface area contributed by atoms with Gasteiger partial charge in [0.15, 0.2) is 0 Å². The highest BCUT2D eigenvalue weighted by molar-refractivity contribution is 6.10. The summed E-state index contributed by atoms with van der Waals surface area (Å²) in [4.78, 5) is 24.0. The van der Waals surface area contributed by atoms with Crippen molar-refractivity contribution in [1.29, 1.82) is 5.26 Å². The molecule has 2 N–H and O–H groups in total. The van der Waals surface area contributed by atoms with E-state index in [9.17, 15) is 14.9 Å². The fraction of sp³-hybridized carbons (Fsp3) is 0.160. The van der Waals surface area contributed by atoms with Crippen molar-refractivity contribution in [2.45, 2.75) is 20.8 Å². The van der Waals surface area contributed by atoms with Crippen molar-refractivity contribution in [3.05, 3.63) is 77.1 Å². The maximum Gasteiger partial charge on any atom is 0.266 e. The molecule has 0 aliphatic rings. The third-order valence-electron chi connectivity index (χ3n) is 4.91. The Morgan fingerprint density at radius 1 is 1.03 bits per heavy atom. The molecule has 1 aromatic heterocycles. The molecule has 32 heavy (non-hydrogen) atoms. The summed E-state index contributed by atoms with van der Waals surface area (Å²) in [5.74, 6) is 0.0300. The second-order valence-electron chi connectivity index (χ2n) is 7.25. The molecule has 1 heterocycles. The molecular weight excluding hydrogens is 404 g/mol. The number of carbonyl (C=O) groups is 2. The molecule has 0 bridgehead atoms. The van der Waals surface area contributed by atoms with E-state index < -0.39 is 5.91 Å². The smallest absolute Gasteiger partial charge is 0.266 e. The van der Waals surface area contributed by atoms with E-state index in [1.807, 2.05) is 50.2 Å². The van der Waals surface area contributed by atoms with Crippen LogP contribution in [0.4, 0.5) is 11.4 Å². The number of benzene rings is 2. The van der Waals surface area contributed by atoms with Gasteiger partial charge in [0, 0.05) is 35.4 Å². The Kier molecular flexibility index (Phi) is 6.76. The van der Waals surface area contributed by atoms with Crippen molar-refractivity contribution in [3.8, 4) is 17.5 Å². The number of anilines is 2. The zero-order valence-corrected chi connectivity index (χ0v) is 18.4. The summed E-state index contributed by atoms with van der Waals surface area (Å²) in [6.45, 7) is 5.31. The lowest BCUT2D eigenvalue weighted by atomic mass is 10.1. The van der Waals surface area contributed by atoms with Gasteiger partial charge in [0.2, 0.25) is 5.91 Å². The van der Waals surface area contributed by atoms with Crippen LogP contribution in [-0.4, -0.2) is 23.5 Å². The number of methoxy groups -OCH3 is 1. The Balaban J connectivity index is 1.87. The zero-order chi connectivity index (χ0) is 23.3. The third-order valence-corrected chi connectivity index (χ3v) is 4.91. The quantitative estimate of drug-likeness (QED) is 0.443. The average Bonchev–Trinajstić information content (AvgIpc) is 3.04. The summed E-state index contributed by atoms with van der Waals surface area (Å²) >= 11 is 0. The van der Waals surface area contributed by atoms with E-state index in [1.54, 1.807) is 37.5 Å². The van der Waals surface area contributed by atoms with Gasteiger partial charge in [-0.05, 0) is 74.0 Å². The number of aromatic nitrogens is 1. The van der Waals surface area contributed by atoms with Crippen molar-refractivity contribution in [1.82, 2.24) is 4.57 Å². The number of hydrogen-bond donors (Lipinski definition) is 2. The molecule has 0 spiro atoms. The van der Waals surface area contributed by atoms with Gasteiger partial charge in [0.1, 0.15) is 17.4 Å². The highest BCUT2D eigenvalue weighted by atomic mass is 16.5. The molecule has 7 nitrogen and oxygen atoms in total. The van der Waals surface area contributed by atoms with Crippen LogP contribution in [0.2, 0.25) is 0 Å². The molecule has 0 radical (unpaired) electrons. The number of nitrogens with zero attached hydrogens (tertiary/aromatic N) is 2. The van der Waals surface area contributed by atoms with Crippen molar-refractivity contribution in [2.75, 3.05) is 17.7 Å². The van der Waals surface area contributed by atoms with Crippen molar-refractivity contribution in [3.63, 3.8) is 0 Å². The monoisotopic (exact) mass is 428 g/mol. The largest absolute Gasteiger partial charge is 0.497 e. The molecule has 0 fully saturated rings. The Morgan fingerprint density at radius 3 is 2.28 bits per heavy atom. The van der Waals surface area contributed by atoms with Crippen LogP contribution in [0, 0.1) is 25.2 Å². The first-order valence-corrected chi connectivity index (χ1v) is 9.96. The molecular formula is C25H24N4O3. The molecule has 0 aliphatic carbocycles. The number of nitriles is 1. The van der Waals surface area contributed by atoms with E-state index in [0.29, 0.717) is 11.4 Å². The van der Waals surface area contributed by atoms with Gasteiger partial charge in [-0.15, -0.1) is 0 Å². The fourth-order valence-corrected chi connectivity index (χ4v) is 3.44. The summed E-state index contributed by atoms with van der Waals surface area (Å²) in [7, 11) is 1.62. The van der Waals surface area contributed by atoms with Gasteiger partial charge in [-0.1, -0.05) is 6.07 Å². The molecule has 0 atom stereocenters. The van der Waals surface area contributed by atoms with E-state index in [1.165, 1.54) is 6.92 Å². The van der Waals surface area contributed by atoms with E-state index in [2.05, 4.69) is 15.2 Å².